The lowest BCUT2D eigenvalue weighted by molar-refractivity contribution is 0.496. The van der Waals surface area contributed by atoms with Crippen LogP contribution in [0, 0.1) is 0 Å². The largest absolute Gasteiger partial charge is 0.351 e. The van der Waals surface area contributed by atoms with E-state index >= 15 is 0 Å². The number of hydrogen-bond donors (Lipinski definition) is 1. The lowest BCUT2D eigenvalue weighted by atomic mass is 10.1. The summed E-state index contributed by atoms with van der Waals surface area (Å²) in [5.74, 6) is 0. The summed E-state index contributed by atoms with van der Waals surface area (Å²) < 4.78 is 0. The van der Waals surface area contributed by atoms with Gasteiger partial charge in [0.15, 0.2) is 5.11 Å². The fourth-order valence-corrected chi connectivity index (χ4v) is 2.62. The summed E-state index contributed by atoms with van der Waals surface area (Å²) in [5, 5.41) is 5.10. The molecule has 0 saturated carbocycles. The van der Waals surface area contributed by atoms with Crippen LogP contribution in [-0.2, 0) is 6.42 Å². The molecule has 5 nitrogen and oxygen atoms in total. The van der Waals surface area contributed by atoms with Crippen molar-refractivity contribution in [1.29, 1.82) is 0 Å². The van der Waals surface area contributed by atoms with Crippen LogP contribution < -0.4 is 5.43 Å². The normalized spacial score (nSPS) is 11.1. The molecular formula is C21H21N5S. The zero-order valence-electron chi connectivity index (χ0n) is 15.1. The van der Waals surface area contributed by atoms with Crippen LogP contribution in [0.2, 0.25) is 0 Å². The SMILES string of the molecule is CN(CCc1ccccn1)C(=S)N/N=C(\c1ccccc1)c1ccccn1. The first-order chi connectivity index (χ1) is 13.2. The Morgan fingerprint density at radius 3 is 2.33 bits per heavy atom. The van der Waals surface area contributed by atoms with Crippen LogP contribution in [0.15, 0.2) is 84.2 Å². The molecule has 0 spiro atoms. The van der Waals surface area contributed by atoms with Gasteiger partial charge in [0.1, 0.15) is 5.71 Å². The second-order valence-electron chi connectivity index (χ2n) is 5.95. The Balaban J connectivity index is 1.69. The van der Waals surface area contributed by atoms with Crippen LogP contribution >= 0.6 is 12.2 Å². The van der Waals surface area contributed by atoms with Gasteiger partial charge in [0.25, 0.3) is 0 Å². The zero-order valence-corrected chi connectivity index (χ0v) is 15.9. The molecule has 0 radical (unpaired) electrons. The van der Waals surface area contributed by atoms with Crippen molar-refractivity contribution in [3.8, 4) is 0 Å². The summed E-state index contributed by atoms with van der Waals surface area (Å²) in [6.07, 6.45) is 4.37. The van der Waals surface area contributed by atoms with E-state index < -0.39 is 0 Å². The fourth-order valence-electron chi connectivity index (χ4n) is 2.49. The van der Waals surface area contributed by atoms with Gasteiger partial charge in [0.2, 0.25) is 0 Å². The lowest BCUT2D eigenvalue weighted by Gasteiger charge is -2.19. The Kier molecular flexibility index (Phi) is 6.60. The number of nitrogens with one attached hydrogen (secondary N) is 1. The van der Waals surface area contributed by atoms with Crippen molar-refractivity contribution in [2.75, 3.05) is 13.6 Å². The van der Waals surface area contributed by atoms with Crippen molar-refractivity contribution >= 4 is 23.0 Å². The Morgan fingerprint density at radius 1 is 0.963 bits per heavy atom. The average Bonchev–Trinajstić information content (AvgIpc) is 2.74. The third-order valence-electron chi connectivity index (χ3n) is 3.99. The number of hydrogen-bond acceptors (Lipinski definition) is 4. The quantitative estimate of drug-likeness (QED) is 0.407. The Labute approximate surface area is 164 Å². The highest BCUT2D eigenvalue weighted by molar-refractivity contribution is 7.80. The summed E-state index contributed by atoms with van der Waals surface area (Å²) in [5.41, 5.74) is 6.55. The zero-order chi connectivity index (χ0) is 18.9. The molecule has 1 aromatic carbocycles. The molecule has 0 atom stereocenters. The molecule has 2 heterocycles. The van der Waals surface area contributed by atoms with Crippen LogP contribution in [0.5, 0.6) is 0 Å². The van der Waals surface area contributed by atoms with Gasteiger partial charge in [-0.25, -0.2) is 0 Å². The first-order valence-corrected chi connectivity index (χ1v) is 9.10. The number of rotatable bonds is 6. The predicted octanol–water partition coefficient (Wildman–Crippen LogP) is 3.28. The van der Waals surface area contributed by atoms with Gasteiger partial charge in [-0.2, -0.15) is 5.10 Å². The molecule has 3 rings (SSSR count). The summed E-state index contributed by atoms with van der Waals surface area (Å²) in [7, 11) is 1.94. The van der Waals surface area contributed by atoms with Crippen molar-refractivity contribution in [3.63, 3.8) is 0 Å². The van der Waals surface area contributed by atoms with E-state index in [1.54, 1.807) is 12.4 Å². The summed E-state index contributed by atoms with van der Waals surface area (Å²) in [6, 6.07) is 21.6. The Hall–Kier alpha value is -3.12. The Morgan fingerprint density at radius 2 is 1.67 bits per heavy atom. The van der Waals surface area contributed by atoms with Gasteiger partial charge in [-0.15, -0.1) is 0 Å². The topological polar surface area (TPSA) is 53.4 Å². The predicted molar refractivity (Wildman–Crippen MR) is 113 cm³/mol. The average molecular weight is 376 g/mol. The molecule has 0 fully saturated rings. The van der Waals surface area contributed by atoms with E-state index in [1.807, 2.05) is 78.7 Å². The number of hydrazone groups is 1. The first-order valence-electron chi connectivity index (χ1n) is 8.69. The minimum Gasteiger partial charge on any atom is -0.351 e. The molecule has 0 aliphatic rings. The van der Waals surface area contributed by atoms with Gasteiger partial charge >= 0.3 is 0 Å². The molecule has 0 saturated heterocycles. The molecular weight excluding hydrogens is 354 g/mol. The van der Waals surface area contributed by atoms with Gasteiger partial charge in [0, 0.05) is 43.7 Å². The highest BCUT2D eigenvalue weighted by atomic mass is 32.1. The van der Waals surface area contributed by atoms with E-state index in [4.69, 9.17) is 12.2 Å². The highest BCUT2D eigenvalue weighted by Crippen LogP contribution is 2.08. The Bertz CT molecular complexity index is 841. The third-order valence-corrected chi connectivity index (χ3v) is 4.40. The van der Waals surface area contributed by atoms with Crippen LogP contribution in [0.1, 0.15) is 17.0 Å². The number of aromatic nitrogens is 2. The van der Waals surface area contributed by atoms with Gasteiger partial charge in [-0.3, -0.25) is 15.4 Å². The second-order valence-corrected chi connectivity index (χ2v) is 6.34. The van der Waals surface area contributed by atoms with Crippen molar-refractivity contribution in [1.82, 2.24) is 20.3 Å². The molecule has 2 aromatic heterocycles. The number of thiocarbonyl (C=S) groups is 1. The minimum atomic E-state index is 0.551. The van der Waals surface area contributed by atoms with Crippen molar-refractivity contribution in [3.05, 3.63) is 96.1 Å². The minimum absolute atomic E-state index is 0.551. The van der Waals surface area contributed by atoms with E-state index in [0.717, 1.165) is 35.6 Å². The number of pyridine rings is 2. The number of likely N-dealkylation sites (N-methyl/N-ethyl adjacent to an activating group) is 1. The van der Waals surface area contributed by atoms with Gasteiger partial charge in [-0.05, 0) is 36.5 Å². The van der Waals surface area contributed by atoms with Crippen LogP contribution in [0.25, 0.3) is 0 Å². The first kappa shape index (κ1) is 18.7. The van der Waals surface area contributed by atoms with Crippen LogP contribution in [0.3, 0.4) is 0 Å². The van der Waals surface area contributed by atoms with Crippen molar-refractivity contribution < 1.29 is 0 Å². The monoisotopic (exact) mass is 375 g/mol. The maximum absolute atomic E-state index is 5.48. The number of nitrogens with zero attached hydrogens (tertiary/aromatic N) is 4. The molecule has 0 aliphatic carbocycles. The summed E-state index contributed by atoms with van der Waals surface area (Å²) in [4.78, 5) is 10.7. The third kappa shape index (κ3) is 5.43. The van der Waals surface area contributed by atoms with E-state index in [0.29, 0.717) is 5.11 Å². The highest BCUT2D eigenvalue weighted by Gasteiger charge is 2.10. The van der Waals surface area contributed by atoms with Gasteiger partial charge in [-0.1, -0.05) is 42.5 Å². The van der Waals surface area contributed by atoms with E-state index in [-0.39, 0.29) is 0 Å². The van der Waals surface area contributed by atoms with E-state index in [1.165, 1.54) is 0 Å². The van der Waals surface area contributed by atoms with Crippen LogP contribution in [-0.4, -0.2) is 39.3 Å². The molecule has 1 N–H and O–H groups in total. The standard InChI is InChI=1S/C21H21N5S/c1-26(16-13-18-11-5-7-14-22-18)21(27)25-24-20(17-9-3-2-4-10-17)19-12-6-8-15-23-19/h2-12,14-15H,13,16H2,1H3,(H,25,27)/b24-20+. The molecule has 0 aliphatic heterocycles. The van der Waals surface area contributed by atoms with Gasteiger partial charge in [0.05, 0.1) is 5.69 Å². The summed E-state index contributed by atoms with van der Waals surface area (Å²) >= 11 is 5.48. The molecule has 136 valence electrons. The maximum atomic E-state index is 5.48. The maximum Gasteiger partial charge on any atom is 0.189 e. The van der Waals surface area contributed by atoms with Crippen molar-refractivity contribution in [2.24, 2.45) is 5.10 Å². The molecule has 0 amide bonds. The van der Waals surface area contributed by atoms with Crippen molar-refractivity contribution in [2.45, 2.75) is 6.42 Å². The molecule has 0 unspecified atom stereocenters. The molecule has 3 aromatic rings. The second kappa shape index (κ2) is 9.54. The smallest absolute Gasteiger partial charge is 0.189 e. The van der Waals surface area contributed by atoms with E-state index in [2.05, 4.69) is 20.5 Å². The molecule has 6 heteroatoms. The molecule has 0 bridgehead atoms. The fraction of sp³-hybridized carbons (Fsp3) is 0.143. The van der Waals surface area contributed by atoms with Crippen LogP contribution in [0.4, 0.5) is 0 Å². The summed E-state index contributed by atoms with van der Waals surface area (Å²) in [6.45, 7) is 0.753. The van der Waals surface area contributed by atoms with E-state index in [9.17, 15) is 0 Å². The number of benzene rings is 1. The van der Waals surface area contributed by atoms with Gasteiger partial charge < -0.3 is 4.90 Å². The molecule has 27 heavy (non-hydrogen) atoms. The lowest BCUT2D eigenvalue weighted by Crippen LogP contribution is -2.36.